The van der Waals surface area contributed by atoms with Gasteiger partial charge in [0.1, 0.15) is 24.3 Å². The highest BCUT2D eigenvalue weighted by Crippen LogP contribution is 2.32. The second-order valence-electron chi connectivity index (χ2n) is 8.38. The van der Waals surface area contributed by atoms with E-state index in [1.54, 1.807) is 18.2 Å². The number of hydrogen-bond donors (Lipinski definition) is 3. The second-order valence-corrected chi connectivity index (χ2v) is 8.79. The average Bonchev–Trinajstić information content (AvgIpc) is 2.80. The van der Waals surface area contributed by atoms with Crippen molar-refractivity contribution in [1.82, 2.24) is 16.0 Å². The summed E-state index contributed by atoms with van der Waals surface area (Å²) in [6.07, 6.45) is -0.527. The van der Waals surface area contributed by atoms with Gasteiger partial charge in [0, 0.05) is 53.7 Å². The van der Waals surface area contributed by atoms with Crippen LogP contribution in [0.4, 0.5) is 4.39 Å². The van der Waals surface area contributed by atoms with Crippen molar-refractivity contribution in [2.45, 2.75) is 45.9 Å². The van der Waals surface area contributed by atoms with Crippen LogP contribution in [0.15, 0.2) is 36.4 Å². The van der Waals surface area contributed by atoms with Gasteiger partial charge in [-0.3, -0.25) is 14.9 Å². The van der Waals surface area contributed by atoms with E-state index in [2.05, 4.69) is 16.0 Å². The zero-order chi connectivity index (χ0) is 24.7. The summed E-state index contributed by atoms with van der Waals surface area (Å²) in [6, 6.07) is 9.44. The molecule has 1 aliphatic heterocycles. The van der Waals surface area contributed by atoms with Gasteiger partial charge in [-0.15, -0.1) is 0 Å². The van der Waals surface area contributed by atoms with Gasteiger partial charge in [-0.1, -0.05) is 37.6 Å². The molecule has 3 rings (SSSR count). The van der Waals surface area contributed by atoms with Crippen LogP contribution in [0.1, 0.15) is 56.1 Å². The maximum absolute atomic E-state index is 14.9. The molecule has 0 radical (unpaired) electrons. The summed E-state index contributed by atoms with van der Waals surface area (Å²) >= 11 is 6.43. The molecule has 2 atom stereocenters. The Hall–Kier alpha value is -2.68. The Kier molecular flexibility index (Phi) is 9.27. The Labute approximate surface area is 204 Å². The van der Waals surface area contributed by atoms with Gasteiger partial charge in [-0.05, 0) is 30.7 Å². The molecule has 1 aliphatic rings. The maximum Gasteiger partial charge on any atom is 0.223 e. The van der Waals surface area contributed by atoms with E-state index in [1.807, 2.05) is 32.9 Å². The number of nitrogens with one attached hydrogen (secondary N) is 3. The zero-order valence-electron chi connectivity index (χ0n) is 19.6. The Morgan fingerprint density at radius 1 is 1.21 bits per heavy atom. The van der Waals surface area contributed by atoms with Crippen LogP contribution in [-0.2, 0) is 20.9 Å². The highest BCUT2D eigenvalue weighted by Gasteiger charge is 2.30. The second kappa shape index (κ2) is 12.1. The number of carbonyl (C=O) groups excluding carboxylic acids is 2. The van der Waals surface area contributed by atoms with Gasteiger partial charge in [0.25, 0.3) is 0 Å². The molecule has 2 unspecified atom stereocenters. The molecule has 2 aromatic carbocycles. The predicted molar refractivity (Wildman–Crippen MR) is 128 cm³/mol. The van der Waals surface area contributed by atoms with Gasteiger partial charge in [0.2, 0.25) is 11.8 Å². The molecular weight excluding hydrogens is 461 g/mol. The van der Waals surface area contributed by atoms with Gasteiger partial charge in [-0.25, -0.2) is 4.39 Å². The van der Waals surface area contributed by atoms with E-state index in [-0.39, 0.29) is 24.2 Å². The van der Waals surface area contributed by atoms with Crippen LogP contribution < -0.4 is 20.7 Å². The third-order valence-electron chi connectivity index (χ3n) is 5.47. The lowest BCUT2D eigenvalue weighted by molar-refractivity contribution is -0.125. The smallest absolute Gasteiger partial charge is 0.223 e. The fourth-order valence-electron chi connectivity index (χ4n) is 3.64. The quantitative estimate of drug-likeness (QED) is 0.437. The van der Waals surface area contributed by atoms with Crippen LogP contribution in [-0.4, -0.2) is 31.6 Å². The minimum Gasteiger partial charge on any atom is -0.491 e. The molecule has 2 amide bonds. The summed E-state index contributed by atoms with van der Waals surface area (Å²) in [6.45, 7) is 7.21. The summed E-state index contributed by atoms with van der Waals surface area (Å²) in [4.78, 5) is 24.4. The lowest BCUT2D eigenvalue weighted by Gasteiger charge is -2.33. The molecule has 1 saturated heterocycles. The van der Waals surface area contributed by atoms with Gasteiger partial charge in [0.05, 0.1) is 6.61 Å². The monoisotopic (exact) mass is 491 g/mol. The normalized spacial score (nSPS) is 18.0. The number of rotatable bonds is 10. The molecule has 2 aromatic rings. The van der Waals surface area contributed by atoms with E-state index < -0.39 is 18.0 Å². The number of benzene rings is 2. The Morgan fingerprint density at radius 2 is 2.00 bits per heavy atom. The SMILES string of the molecule is CCOCCOc1ccc(C2CC(=O)NC(c3cc(CNC(=O)C(C)C)ccc3Cl)N2)c(F)c1. The van der Waals surface area contributed by atoms with Crippen molar-refractivity contribution in [3.8, 4) is 5.75 Å². The van der Waals surface area contributed by atoms with Crippen molar-refractivity contribution in [2.24, 2.45) is 5.92 Å². The van der Waals surface area contributed by atoms with Gasteiger partial charge in [-0.2, -0.15) is 0 Å². The lowest BCUT2D eigenvalue weighted by Crippen LogP contribution is -2.47. The molecule has 9 heteroatoms. The molecular formula is C25H31ClFN3O4. The summed E-state index contributed by atoms with van der Waals surface area (Å²) in [7, 11) is 0. The van der Waals surface area contributed by atoms with Crippen LogP contribution >= 0.6 is 11.6 Å². The number of halogens is 2. The van der Waals surface area contributed by atoms with Crippen molar-refractivity contribution >= 4 is 23.4 Å². The van der Waals surface area contributed by atoms with Crippen molar-refractivity contribution in [1.29, 1.82) is 0 Å². The first-order valence-electron chi connectivity index (χ1n) is 11.4. The summed E-state index contributed by atoms with van der Waals surface area (Å²) < 4.78 is 25.6. The zero-order valence-corrected chi connectivity index (χ0v) is 20.4. The van der Waals surface area contributed by atoms with E-state index in [9.17, 15) is 14.0 Å². The molecule has 184 valence electrons. The topological polar surface area (TPSA) is 88.7 Å². The molecule has 7 nitrogen and oxygen atoms in total. The summed E-state index contributed by atoms with van der Waals surface area (Å²) in [5, 5.41) is 9.48. The van der Waals surface area contributed by atoms with Crippen LogP contribution in [0.2, 0.25) is 5.02 Å². The van der Waals surface area contributed by atoms with Crippen molar-refractivity contribution in [3.05, 3.63) is 63.9 Å². The molecule has 34 heavy (non-hydrogen) atoms. The number of ether oxygens (including phenoxy) is 2. The van der Waals surface area contributed by atoms with Crippen molar-refractivity contribution in [2.75, 3.05) is 19.8 Å². The standard InChI is InChI=1S/C25H31ClFN3O4/c1-4-33-9-10-34-17-6-7-18(21(27)12-17)22-13-23(31)30-24(29-22)19-11-16(5-8-20(19)26)14-28-25(32)15(2)3/h5-8,11-12,15,22,24,29H,4,9-10,13-14H2,1-3H3,(H,28,32)(H,30,31). The van der Waals surface area contributed by atoms with E-state index in [0.717, 1.165) is 5.56 Å². The predicted octanol–water partition coefficient (Wildman–Crippen LogP) is 4.02. The van der Waals surface area contributed by atoms with Gasteiger partial charge in [0.15, 0.2) is 0 Å². The number of hydrogen-bond acceptors (Lipinski definition) is 5. The molecule has 0 aromatic heterocycles. The number of amides is 2. The van der Waals surface area contributed by atoms with Crippen molar-refractivity contribution < 1.29 is 23.5 Å². The third kappa shape index (κ3) is 6.91. The third-order valence-corrected chi connectivity index (χ3v) is 5.82. The fourth-order valence-corrected chi connectivity index (χ4v) is 3.86. The minimum absolute atomic E-state index is 0.0542. The fraction of sp³-hybridized carbons (Fsp3) is 0.440. The highest BCUT2D eigenvalue weighted by atomic mass is 35.5. The Bertz CT molecular complexity index is 1020. The first kappa shape index (κ1) is 25.9. The van der Waals surface area contributed by atoms with E-state index >= 15 is 0 Å². The number of carbonyl (C=O) groups is 2. The van der Waals surface area contributed by atoms with Crippen LogP contribution in [0.25, 0.3) is 0 Å². The van der Waals surface area contributed by atoms with Crippen LogP contribution in [0.3, 0.4) is 0 Å². The Balaban J connectivity index is 1.73. The largest absolute Gasteiger partial charge is 0.491 e. The molecule has 0 bridgehead atoms. The molecule has 1 fully saturated rings. The minimum atomic E-state index is -0.610. The molecule has 0 aliphatic carbocycles. The average molecular weight is 492 g/mol. The van der Waals surface area contributed by atoms with Crippen molar-refractivity contribution in [3.63, 3.8) is 0 Å². The highest BCUT2D eigenvalue weighted by molar-refractivity contribution is 6.31. The van der Waals surface area contributed by atoms with Crippen LogP contribution in [0, 0.1) is 11.7 Å². The molecule has 0 spiro atoms. The molecule has 1 heterocycles. The van der Waals surface area contributed by atoms with E-state index in [1.165, 1.54) is 6.07 Å². The molecule has 0 saturated carbocycles. The first-order chi connectivity index (χ1) is 16.3. The first-order valence-corrected chi connectivity index (χ1v) is 11.8. The van der Waals surface area contributed by atoms with E-state index in [0.29, 0.717) is 48.3 Å². The van der Waals surface area contributed by atoms with Gasteiger partial charge >= 0.3 is 0 Å². The Morgan fingerprint density at radius 3 is 2.71 bits per heavy atom. The summed E-state index contributed by atoms with van der Waals surface area (Å²) in [5.41, 5.74) is 1.85. The van der Waals surface area contributed by atoms with Crippen LogP contribution in [0.5, 0.6) is 5.75 Å². The van der Waals surface area contributed by atoms with E-state index in [4.69, 9.17) is 21.1 Å². The lowest BCUT2D eigenvalue weighted by atomic mass is 9.97. The maximum atomic E-state index is 14.9. The van der Waals surface area contributed by atoms with Gasteiger partial charge < -0.3 is 20.1 Å². The molecule has 3 N–H and O–H groups in total. The summed E-state index contributed by atoms with van der Waals surface area (Å²) in [5.74, 6) is -0.461.